The zero-order valence-electron chi connectivity index (χ0n) is 12.1. The molecule has 1 aliphatic rings. The minimum Gasteiger partial charge on any atom is -0.393 e. The third kappa shape index (κ3) is 4.13. The third-order valence-electron chi connectivity index (χ3n) is 3.75. The number of anilines is 2. The second kappa shape index (κ2) is 6.80. The van der Waals surface area contributed by atoms with Crippen LogP contribution in [-0.2, 0) is 0 Å². The number of para-hydroxylation sites is 2. The van der Waals surface area contributed by atoms with Crippen molar-refractivity contribution < 1.29 is 5.11 Å². The van der Waals surface area contributed by atoms with Crippen LogP contribution in [0.3, 0.4) is 0 Å². The number of nitrogens with zero attached hydrogens (tertiary/aromatic N) is 1. The van der Waals surface area contributed by atoms with E-state index in [0.29, 0.717) is 0 Å². The molecule has 0 unspecified atom stereocenters. The van der Waals surface area contributed by atoms with Crippen LogP contribution in [0.2, 0.25) is 0 Å². The first-order chi connectivity index (χ1) is 9.16. The van der Waals surface area contributed by atoms with Gasteiger partial charge in [-0.25, -0.2) is 0 Å². The van der Waals surface area contributed by atoms with Crippen LogP contribution in [-0.4, -0.2) is 30.8 Å². The van der Waals surface area contributed by atoms with Crippen LogP contribution in [0.4, 0.5) is 11.4 Å². The van der Waals surface area contributed by atoms with E-state index in [4.69, 9.17) is 0 Å². The van der Waals surface area contributed by atoms with Gasteiger partial charge in [0.15, 0.2) is 0 Å². The van der Waals surface area contributed by atoms with Crippen molar-refractivity contribution in [1.29, 1.82) is 0 Å². The smallest absolute Gasteiger partial charge is 0.0602 e. The highest BCUT2D eigenvalue weighted by Gasteiger charge is 2.18. The Bertz CT molecular complexity index is 384. The van der Waals surface area contributed by atoms with Crippen LogP contribution in [0.25, 0.3) is 0 Å². The number of hydrogen-bond donors (Lipinski definition) is 2. The van der Waals surface area contributed by atoms with E-state index in [9.17, 15) is 5.11 Å². The zero-order chi connectivity index (χ0) is 13.7. The van der Waals surface area contributed by atoms with Crippen molar-refractivity contribution in [1.82, 2.24) is 0 Å². The van der Waals surface area contributed by atoms with Crippen molar-refractivity contribution in [3.8, 4) is 0 Å². The van der Waals surface area contributed by atoms with Crippen molar-refractivity contribution in [2.75, 3.05) is 29.9 Å². The molecule has 3 heteroatoms. The first kappa shape index (κ1) is 14.2. The molecule has 0 aliphatic carbocycles. The Morgan fingerprint density at radius 2 is 1.95 bits per heavy atom. The third-order valence-corrected chi connectivity index (χ3v) is 3.75. The Kier molecular flexibility index (Phi) is 5.08. The fraction of sp³-hybridized carbons (Fsp3) is 0.625. The van der Waals surface area contributed by atoms with E-state index < -0.39 is 0 Å². The fourth-order valence-electron chi connectivity index (χ4n) is 2.50. The minimum absolute atomic E-state index is 0.114. The van der Waals surface area contributed by atoms with E-state index in [0.717, 1.165) is 38.4 Å². The molecule has 3 nitrogen and oxygen atoms in total. The van der Waals surface area contributed by atoms with Crippen molar-refractivity contribution in [2.45, 2.75) is 39.2 Å². The molecule has 2 rings (SSSR count). The lowest BCUT2D eigenvalue weighted by Gasteiger charge is -2.33. The summed E-state index contributed by atoms with van der Waals surface area (Å²) in [5.74, 6) is 0.727. The van der Waals surface area contributed by atoms with Gasteiger partial charge in [0.25, 0.3) is 0 Å². The number of nitrogens with one attached hydrogen (secondary N) is 1. The number of aliphatic hydroxyl groups excluding tert-OH is 1. The molecule has 0 radical (unpaired) electrons. The molecule has 0 spiro atoms. The molecule has 1 saturated heterocycles. The lowest BCUT2D eigenvalue weighted by molar-refractivity contribution is 0.145. The molecule has 19 heavy (non-hydrogen) atoms. The van der Waals surface area contributed by atoms with Crippen molar-refractivity contribution in [3.05, 3.63) is 24.3 Å². The Labute approximate surface area is 116 Å². The summed E-state index contributed by atoms with van der Waals surface area (Å²) < 4.78 is 0. The van der Waals surface area contributed by atoms with Crippen LogP contribution < -0.4 is 10.2 Å². The summed E-state index contributed by atoms with van der Waals surface area (Å²) >= 11 is 0. The van der Waals surface area contributed by atoms with E-state index in [1.165, 1.54) is 17.8 Å². The molecule has 1 aromatic carbocycles. The second-order valence-corrected chi connectivity index (χ2v) is 5.84. The zero-order valence-corrected chi connectivity index (χ0v) is 12.1. The van der Waals surface area contributed by atoms with Gasteiger partial charge in [0.1, 0.15) is 0 Å². The number of piperidine rings is 1. The Morgan fingerprint density at radius 1 is 1.26 bits per heavy atom. The molecular formula is C16H26N2O. The molecule has 106 valence electrons. The van der Waals surface area contributed by atoms with Gasteiger partial charge >= 0.3 is 0 Å². The van der Waals surface area contributed by atoms with E-state index in [1.807, 2.05) is 0 Å². The predicted molar refractivity (Wildman–Crippen MR) is 81.8 cm³/mol. The van der Waals surface area contributed by atoms with Gasteiger partial charge in [-0.05, 0) is 37.3 Å². The molecule has 1 heterocycles. The average molecular weight is 262 g/mol. The number of benzene rings is 1. The molecular weight excluding hydrogens is 236 g/mol. The summed E-state index contributed by atoms with van der Waals surface area (Å²) in [5.41, 5.74) is 2.50. The fourth-order valence-corrected chi connectivity index (χ4v) is 2.50. The Hall–Kier alpha value is -1.22. The maximum absolute atomic E-state index is 9.60. The molecule has 1 fully saturated rings. The number of rotatable bonds is 5. The van der Waals surface area contributed by atoms with E-state index in [1.54, 1.807) is 0 Å². The van der Waals surface area contributed by atoms with Crippen molar-refractivity contribution in [2.24, 2.45) is 5.92 Å². The van der Waals surface area contributed by atoms with Gasteiger partial charge in [0, 0.05) is 19.6 Å². The predicted octanol–water partition coefficient (Wildman–Crippen LogP) is 3.11. The molecule has 2 N–H and O–H groups in total. The van der Waals surface area contributed by atoms with Gasteiger partial charge < -0.3 is 15.3 Å². The molecule has 0 aromatic heterocycles. The minimum atomic E-state index is -0.114. The maximum Gasteiger partial charge on any atom is 0.0602 e. The van der Waals surface area contributed by atoms with E-state index in [2.05, 4.69) is 48.3 Å². The molecule has 0 atom stereocenters. The normalized spacial score (nSPS) is 16.9. The second-order valence-electron chi connectivity index (χ2n) is 5.84. The lowest BCUT2D eigenvalue weighted by atomic mass is 10.1. The highest BCUT2D eigenvalue weighted by Crippen LogP contribution is 2.28. The van der Waals surface area contributed by atoms with Gasteiger partial charge in [0.2, 0.25) is 0 Å². The summed E-state index contributed by atoms with van der Waals surface area (Å²) in [6, 6.07) is 8.50. The van der Waals surface area contributed by atoms with Gasteiger partial charge in [-0.2, -0.15) is 0 Å². The van der Waals surface area contributed by atoms with E-state index in [-0.39, 0.29) is 6.10 Å². The first-order valence-corrected chi connectivity index (χ1v) is 7.42. The van der Waals surface area contributed by atoms with Gasteiger partial charge in [-0.3, -0.25) is 0 Å². The van der Waals surface area contributed by atoms with Crippen molar-refractivity contribution in [3.63, 3.8) is 0 Å². The van der Waals surface area contributed by atoms with Gasteiger partial charge in [-0.15, -0.1) is 0 Å². The lowest BCUT2D eigenvalue weighted by Crippen LogP contribution is -2.36. The van der Waals surface area contributed by atoms with Crippen LogP contribution in [0.15, 0.2) is 24.3 Å². The van der Waals surface area contributed by atoms with Crippen LogP contribution in [0, 0.1) is 5.92 Å². The van der Waals surface area contributed by atoms with Crippen molar-refractivity contribution >= 4 is 11.4 Å². The van der Waals surface area contributed by atoms with Crippen LogP contribution in [0.5, 0.6) is 0 Å². The Morgan fingerprint density at radius 3 is 2.63 bits per heavy atom. The quantitative estimate of drug-likeness (QED) is 0.856. The highest BCUT2D eigenvalue weighted by atomic mass is 16.3. The molecule has 0 bridgehead atoms. The standard InChI is InChI=1S/C16H26N2O/c1-13(2)7-10-17-15-5-3-4-6-16(15)18-11-8-14(19)9-12-18/h3-6,13-14,17,19H,7-12H2,1-2H3. The maximum atomic E-state index is 9.60. The summed E-state index contributed by atoms with van der Waals surface area (Å²) in [6.07, 6.45) is 2.82. The highest BCUT2D eigenvalue weighted by molar-refractivity contribution is 5.70. The molecule has 0 saturated carbocycles. The number of hydrogen-bond acceptors (Lipinski definition) is 3. The van der Waals surface area contributed by atoms with Gasteiger partial charge in [0.05, 0.1) is 17.5 Å². The molecule has 1 aromatic rings. The Balaban J connectivity index is 1.99. The largest absolute Gasteiger partial charge is 0.393 e. The first-order valence-electron chi connectivity index (χ1n) is 7.42. The topological polar surface area (TPSA) is 35.5 Å². The molecule has 0 amide bonds. The SMILES string of the molecule is CC(C)CCNc1ccccc1N1CCC(O)CC1. The average Bonchev–Trinajstić information content (AvgIpc) is 2.40. The summed E-state index contributed by atoms with van der Waals surface area (Å²) in [4.78, 5) is 2.38. The summed E-state index contributed by atoms with van der Waals surface area (Å²) in [6.45, 7) is 7.42. The summed E-state index contributed by atoms with van der Waals surface area (Å²) in [5, 5.41) is 13.2. The van der Waals surface area contributed by atoms with Crippen LogP contribution in [0.1, 0.15) is 33.1 Å². The van der Waals surface area contributed by atoms with Crippen LogP contribution >= 0.6 is 0 Å². The molecule has 1 aliphatic heterocycles. The number of aliphatic hydroxyl groups is 1. The monoisotopic (exact) mass is 262 g/mol. The van der Waals surface area contributed by atoms with Gasteiger partial charge in [-0.1, -0.05) is 26.0 Å². The van der Waals surface area contributed by atoms with E-state index >= 15 is 0 Å². The summed E-state index contributed by atoms with van der Waals surface area (Å²) in [7, 11) is 0.